The van der Waals surface area contributed by atoms with Crippen molar-refractivity contribution in [2.24, 2.45) is 0 Å². The average molecular weight is 193 g/mol. The Morgan fingerprint density at radius 1 is 1.50 bits per heavy atom. The lowest BCUT2D eigenvalue weighted by atomic mass is 10.2. The van der Waals surface area contributed by atoms with E-state index in [4.69, 9.17) is 0 Å². The molecule has 0 bridgehead atoms. The molecule has 1 aliphatic rings. The van der Waals surface area contributed by atoms with Crippen LogP contribution in [0, 0.1) is 0 Å². The zero-order chi connectivity index (χ0) is 10.4. The summed E-state index contributed by atoms with van der Waals surface area (Å²) in [7, 11) is 0. The van der Waals surface area contributed by atoms with Gasteiger partial charge in [0.2, 0.25) is 0 Å². The number of likely N-dealkylation sites (tertiary alicyclic amines) is 1. The molecule has 1 aliphatic heterocycles. The van der Waals surface area contributed by atoms with Gasteiger partial charge in [-0.25, -0.2) is 0 Å². The molecule has 0 aromatic rings. The summed E-state index contributed by atoms with van der Waals surface area (Å²) in [6.07, 6.45) is 9.45. The second kappa shape index (κ2) is 6.06. The summed E-state index contributed by atoms with van der Waals surface area (Å²) in [5.41, 5.74) is 3.32. The summed E-state index contributed by atoms with van der Waals surface area (Å²) in [5, 5.41) is 0. The molecule has 1 fully saturated rings. The van der Waals surface area contributed by atoms with Crippen molar-refractivity contribution < 1.29 is 0 Å². The van der Waals surface area contributed by atoms with Gasteiger partial charge in [-0.2, -0.15) is 0 Å². The molecule has 0 N–H and O–H groups in total. The Bertz CT molecular complexity index is 211. The minimum absolute atomic E-state index is 0.642. The van der Waals surface area contributed by atoms with Gasteiger partial charge in [-0.1, -0.05) is 13.3 Å². The van der Waals surface area contributed by atoms with Gasteiger partial charge in [0.05, 0.1) is 0 Å². The number of nitrogens with zero attached hydrogens (tertiary/aromatic N) is 1. The number of unbranched alkanes of at least 4 members (excludes halogenated alkanes) is 1. The molecule has 0 aromatic carbocycles. The van der Waals surface area contributed by atoms with Crippen molar-refractivity contribution in [2.75, 3.05) is 6.54 Å². The Labute approximate surface area is 88.5 Å². The van der Waals surface area contributed by atoms with Crippen LogP contribution in [0.5, 0.6) is 0 Å². The normalized spacial score (nSPS) is 22.4. The molecule has 1 nitrogen and oxygen atoms in total. The van der Waals surface area contributed by atoms with Crippen LogP contribution in [0.2, 0.25) is 0 Å². The van der Waals surface area contributed by atoms with Crippen LogP contribution in [0.25, 0.3) is 0 Å². The third-order valence-electron chi connectivity index (χ3n) is 2.84. The predicted octanol–water partition coefficient (Wildman–Crippen LogP) is 3.37. The first kappa shape index (κ1) is 11.6. The van der Waals surface area contributed by atoms with Crippen LogP contribution in [0.15, 0.2) is 17.9 Å². The van der Waals surface area contributed by atoms with E-state index in [9.17, 15) is 0 Å². The zero-order valence-electron chi connectivity index (χ0n) is 9.79. The highest BCUT2D eigenvalue weighted by atomic mass is 15.2. The highest BCUT2D eigenvalue weighted by Crippen LogP contribution is 2.20. The quantitative estimate of drug-likeness (QED) is 0.619. The first-order chi connectivity index (χ1) is 6.75. The Morgan fingerprint density at radius 2 is 2.29 bits per heavy atom. The Hall–Kier alpha value is -0.520. The summed E-state index contributed by atoms with van der Waals surface area (Å²) in [6.45, 7) is 8.02. The second-order valence-corrected chi connectivity index (χ2v) is 4.37. The van der Waals surface area contributed by atoms with Crippen molar-refractivity contribution in [2.45, 2.75) is 58.5 Å². The fraction of sp³-hybridized carbons (Fsp3) is 0.769. The van der Waals surface area contributed by atoms with Gasteiger partial charge in [-0.15, -0.1) is 5.73 Å². The molecule has 1 atom stereocenters. The standard InChI is InChI=1S/C13H23N/c1-4-5-6-7-9-13-10-8-11-14(13)12(2)3/h6,9,12-13H,4-5,8,10-11H2,1-3H3. The summed E-state index contributed by atoms with van der Waals surface area (Å²) < 4.78 is 0. The van der Waals surface area contributed by atoms with E-state index in [1.807, 2.05) is 0 Å². The van der Waals surface area contributed by atoms with Crippen LogP contribution < -0.4 is 0 Å². The van der Waals surface area contributed by atoms with Crippen molar-refractivity contribution >= 4 is 0 Å². The van der Waals surface area contributed by atoms with Crippen molar-refractivity contribution in [1.82, 2.24) is 4.90 Å². The Kier molecular flexibility index (Phi) is 5.00. The van der Waals surface area contributed by atoms with Crippen molar-refractivity contribution in [1.29, 1.82) is 0 Å². The molecule has 0 aromatic heterocycles. The first-order valence-electron chi connectivity index (χ1n) is 5.92. The minimum Gasteiger partial charge on any atom is -0.294 e. The third-order valence-corrected chi connectivity index (χ3v) is 2.84. The largest absolute Gasteiger partial charge is 0.294 e. The molecule has 0 aliphatic carbocycles. The fourth-order valence-corrected chi connectivity index (χ4v) is 2.04. The molecule has 0 spiro atoms. The molecular weight excluding hydrogens is 170 g/mol. The van der Waals surface area contributed by atoms with E-state index in [1.165, 1.54) is 25.8 Å². The average Bonchev–Trinajstić information content (AvgIpc) is 2.60. The molecule has 1 unspecified atom stereocenters. The van der Waals surface area contributed by atoms with Gasteiger partial charge in [-0.05, 0) is 51.8 Å². The van der Waals surface area contributed by atoms with E-state index < -0.39 is 0 Å². The number of rotatable bonds is 4. The molecule has 1 heterocycles. The summed E-state index contributed by atoms with van der Waals surface area (Å²) in [5.74, 6) is 0. The minimum atomic E-state index is 0.642. The van der Waals surface area contributed by atoms with E-state index >= 15 is 0 Å². The van der Waals surface area contributed by atoms with Crippen LogP contribution in [0.1, 0.15) is 46.5 Å². The second-order valence-electron chi connectivity index (χ2n) is 4.37. The predicted molar refractivity (Wildman–Crippen MR) is 62.4 cm³/mol. The lowest BCUT2D eigenvalue weighted by molar-refractivity contribution is 0.234. The van der Waals surface area contributed by atoms with E-state index in [0.29, 0.717) is 12.1 Å². The maximum absolute atomic E-state index is 3.32. The van der Waals surface area contributed by atoms with Gasteiger partial charge >= 0.3 is 0 Å². The molecular formula is C13H23N. The molecule has 80 valence electrons. The van der Waals surface area contributed by atoms with Crippen molar-refractivity contribution in [3.8, 4) is 0 Å². The number of hydrogen-bond donors (Lipinski definition) is 0. The van der Waals surface area contributed by atoms with Gasteiger partial charge in [0, 0.05) is 12.1 Å². The highest BCUT2D eigenvalue weighted by Gasteiger charge is 2.23. The molecule has 0 saturated carbocycles. The Morgan fingerprint density at radius 3 is 2.93 bits per heavy atom. The third kappa shape index (κ3) is 3.32. The highest BCUT2D eigenvalue weighted by molar-refractivity contribution is 4.98. The zero-order valence-corrected chi connectivity index (χ0v) is 9.79. The smallest absolute Gasteiger partial charge is 0.0355 e. The number of hydrogen-bond acceptors (Lipinski definition) is 1. The van der Waals surface area contributed by atoms with Gasteiger partial charge in [0.25, 0.3) is 0 Å². The maximum Gasteiger partial charge on any atom is 0.0355 e. The molecule has 1 saturated heterocycles. The van der Waals surface area contributed by atoms with Gasteiger partial charge in [0.1, 0.15) is 0 Å². The molecule has 1 heteroatoms. The summed E-state index contributed by atoms with van der Waals surface area (Å²) in [6, 6.07) is 1.31. The monoisotopic (exact) mass is 193 g/mol. The van der Waals surface area contributed by atoms with Crippen LogP contribution in [-0.2, 0) is 0 Å². The van der Waals surface area contributed by atoms with E-state index in [0.717, 1.165) is 6.42 Å². The SMILES string of the molecule is CCCC=C=CC1CCCN1C(C)C. The van der Waals surface area contributed by atoms with Gasteiger partial charge in [-0.3, -0.25) is 4.90 Å². The lowest BCUT2D eigenvalue weighted by Crippen LogP contribution is -2.33. The fourth-order valence-electron chi connectivity index (χ4n) is 2.04. The topological polar surface area (TPSA) is 3.24 Å². The van der Waals surface area contributed by atoms with Crippen molar-refractivity contribution in [3.63, 3.8) is 0 Å². The maximum atomic E-state index is 3.32. The lowest BCUT2D eigenvalue weighted by Gasteiger charge is -2.25. The van der Waals surface area contributed by atoms with E-state index in [-0.39, 0.29) is 0 Å². The van der Waals surface area contributed by atoms with Crippen LogP contribution >= 0.6 is 0 Å². The summed E-state index contributed by atoms with van der Waals surface area (Å²) >= 11 is 0. The molecule has 0 radical (unpaired) electrons. The Balaban J connectivity index is 2.46. The van der Waals surface area contributed by atoms with Gasteiger partial charge < -0.3 is 0 Å². The van der Waals surface area contributed by atoms with Crippen LogP contribution in [0.3, 0.4) is 0 Å². The van der Waals surface area contributed by atoms with E-state index in [2.05, 4.69) is 43.6 Å². The van der Waals surface area contributed by atoms with E-state index in [1.54, 1.807) is 0 Å². The van der Waals surface area contributed by atoms with Crippen molar-refractivity contribution in [3.05, 3.63) is 17.9 Å². The molecule has 14 heavy (non-hydrogen) atoms. The summed E-state index contributed by atoms with van der Waals surface area (Å²) in [4.78, 5) is 2.56. The van der Waals surface area contributed by atoms with Crippen LogP contribution in [0.4, 0.5) is 0 Å². The molecule has 1 rings (SSSR count). The van der Waals surface area contributed by atoms with Crippen LogP contribution in [-0.4, -0.2) is 23.5 Å². The first-order valence-corrected chi connectivity index (χ1v) is 5.92. The van der Waals surface area contributed by atoms with Gasteiger partial charge in [0.15, 0.2) is 0 Å². The molecule has 0 amide bonds.